The van der Waals surface area contributed by atoms with Crippen LogP contribution in [-0.2, 0) is 9.53 Å². The zero-order valence-electron chi connectivity index (χ0n) is 14.1. The lowest BCUT2D eigenvalue weighted by atomic mass is 9.94. The van der Waals surface area contributed by atoms with Gasteiger partial charge < -0.3 is 14.6 Å². The van der Waals surface area contributed by atoms with Crippen molar-refractivity contribution in [3.8, 4) is 0 Å². The van der Waals surface area contributed by atoms with Crippen LogP contribution in [0, 0.1) is 0 Å². The molecule has 1 aromatic carbocycles. The number of rotatable bonds is 5. The molecule has 1 N–H and O–H groups in total. The Bertz CT molecular complexity index is 683. The molecule has 128 valence electrons. The number of amides is 1. The molecule has 3 rings (SSSR count). The summed E-state index contributed by atoms with van der Waals surface area (Å²) in [6, 6.07) is 9.69. The van der Waals surface area contributed by atoms with Gasteiger partial charge in [-0.3, -0.25) is 4.79 Å². The van der Waals surface area contributed by atoms with Gasteiger partial charge in [-0.2, -0.15) is 0 Å². The van der Waals surface area contributed by atoms with Gasteiger partial charge in [0, 0.05) is 23.5 Å². The molecule has 0 atom stereocenters. The number of esters is 1. The van der Waals surface area contributed by atoms with Crippen molar-refractivity contribution in [2.45, 2.75) is 45.1 Å². The Morgan fingerprint density at radius 2 is 1.96 bits per heavy atom. The van der Waals surface area contributed by atoms with Crippen molar-refractivity contribution in [3.63, 3.8) is 0 Å². The number of carbonyl (C=O) groups excluding carboxylic acids is 2. The number of hydrogen-bond acceptors (Lipinski definition) is 3. The fraction of sp³-hybridized carbons (Fsp3) is 0.474. The van der Waals surface area contributed by atoms with Crippen LogP contribution in [0.15, 0.2) is 30.3 Å². The molecule has 0 radical (unpaired) electrons. The summed E-state index contributed by atoms with van der Waals surface area (Å²) < 4.78 is 5.23. The minimum absolute atomic E-state index is 0.103. The number of nitrogens with zero attached hydrogens (tertiary/aromatic N) is 1. The molecule has 1 heterocycles. The summed E-state index contributed by atoms with van der Waals surface area (Å²) in [4.78, 5) is 29.5. The van der Waals surface area contributed by atoms with E-state index in [2.05, 4.69) is 4.98 Å². The van der Waals surface area contributed by atoms with E-state index < -0.39 is 5.97 Å². The van der Waals surface area contributed by atoms with E-state index in [4.69, 9.17) is 4.74 Å². The molecule has 1 fully saturated rings. The number of likely N-dealkylation sites (N-methyl/N-ethyl adjacent to an activating group) is 1. The number of hydrogen-bond donors (Lipinski definition) is 1. The van der Waals surface area contributed by atoms with Gasteiger partial charge in [0.1, 0.15) is 5.69 Å². The van der Waals surface area contributed by atoms with Crippen LogP contribution in [0.4, 0.5) is 0 Å². The van der Waals surface area contributed by atoms with Crippen molar-refractivity contribution < 1.29 is 14.3 Å². The molecule has 5 nitrogen and oxygen atoms in total. The SMILES string of the molecule is CCN(C(=O)COC(=O)c1cc2ccccc2[nH]1)C1CCCCC1. The predicted octanol–water partition coefficient (Wildman–Crippen LogP) is 3.51. The normalized spacial score (nSPS) is 15.4. The number of aromatic nitrogens is 1. The lowest BCUT2D eigenvalue weighted by Gasteiger charge is -2.33. The highest BCUT2D eigenvalue weighted by Crippen LogP contribution is 2.22. The third kappa shape index (κ3) is 3.61. The van der Waals surface area contributed by atoms with E-state index in [1.807, 2.05) is 36.1 Å². The van der Waals surface area contributed by atoms with Crippen LogP contribution in [0.1, 0.15) is 49.5 Å². The predicted molar refractivity (Wildman–Crippen MR) is 92.8 cm³/mol. The summed E-state index contributed by atoms with van der Waals surface area (Å²) in [5.74, 6) is -0.590. The second-order valence-electron chi connectivity index (χ2n) is 6.32. The molecule has 0 unspecified atom stereocenters. The molecule has 1 aliphatic rings. The van der Waals surface area contributed by atoms with Crippen LogP contribution >= 0.6 is 0 Å². The standard InChI is InChI=1S/C19H24N2O3/c1-2-21(15-9-4-3-5-10-15)18(22)13-24-19(23)17-12-14-8-6-7-11-16(14)20-17/h6-8,11-12,15,20H,2-5,9-10,13H2,1H3. The summed E-state index contributed by atoms with van der Waals surface area (Å²) in [5, 5.41) is 0.952. The average Bonchev–Trinajstić information content (AvgIpc) is 3.05. The molecule has 0 saturated heterocycles. The number of benzene rings is 1. The van der Waals surface area contributed by atoms with Crippen molar-refractivity contribution in [2.75, 3.05) is 13.2 Å². The molecule has 1 saturated carbocycles. The Kier molecular flexibility index (Phi) is 5.18. The first-order valence-corrected chi connectivity index (χ1v) is 8.73. The highest BCUT2D eigenvalue weighted by atomic mass is 16.5. The monoisotopic (exact) mass is 328 g/mol. The Labute approximate surface area is 142 Å². The maximum absolute atomic E-state index is 12.4. The summed E-state index contributed by atoms with van der Waals surface area (Å²) >= 11 is 0. The molecule has 1 aliphatic carbocycles. The lowest BCUT2D eigenvalue weighted by Crippen LogP contribution is -2.43. The van der Waals surface area contributed by atoms with Gasteiger partial charge in [0.2, 0.25) is 0 Å². The highest BCUT2D eigenvalue weighted by molar-refractivity contribution is 5.95. The third-order valence-electron chi connectivity index (χ3n) is 4.75. The number of nitrogens with one attached hydrogen (secondary N) is 1. The Morgan fingerprint density at radius 3 is 2.67 bits per heavy atom. The van der Waals surface area contributed by atoms with Gasteiger partial charge >= 0.3 is 5.97 Å². The van der Waals surface area contributed by atoms with Gasteiger partial charge in [0.05, 0.1) is 0 Å². The van der Waals surface area contributed by atoms with Gasteiger partial charge in [-0.25, -0.2) is 4.79 Å². The second kappa shape index (κ2) is 7.51. The maximum Gasteiger partial charge on any atom is 0.355 e. The van der Waals surface area contributed by atoms with Crippen LogP contribution in [0.5, 0.6) is 0 Å². The van der Waals surface area contributed by atoms with Gasteiger partial charge in [0.15, 0.2) is 6.61 Å². The van der Waals surface area contributed by atoms with E-state index in [-0.39, 0.29) is 12.5 Å². The molecule has 0 aliphatic heterocycles. The zero-order chi connectivity index (χ0) is 16.9. The molecule has 0 bridgehead atoms. The van der Waals surface area contributed by atoms with E-state index in [1.165, 1.54) is 19.3 Å². The smallest absolute Gasteiger partial charge is 0.355 e. The van der Waals surface area contributed by atoms with E-state index in [0.717, 1.165) is 23.7 Å². The second-order valence-corrected chi connectivity index (χ2v) is 6.32. The molecular weight excluding hydrogens is 304 g/mol. The maximum atomic E-state index is 12.4. The Hall–Kier alpha value is -2.30. The first kappa shape index (κ1) is 16.6. The van der Waals surface area contributed by atoms with Gasteiger partial charge in [-0.1, -0.05) is 37.5 Å². The topological polar surface area (TPSA) is 62.4 Å². The van der Waals surface area contributed by atoms with Crippen molar-refractivity contribution >= 4 is 22.8 Å². The van der Waals surface area contributed by atoms with E-state index in [1.54, 1.807) is 6.07 Å². The lowest BCUT2D eigenvalue weighted by molar-refractivity contribution is -0.137. The first-order valence-electron chi connectivity index (χ1n) is 8.73. The summed E-state index contributed by atoms with van der Waals surface area (Å²) in [6.07, 6.45) is 5.69. The minimum Gasteiger partial charge on any atom is -0.451 e. The molecule has 2 aromatic rings. The number of para-hydroxylation sites is 1. The fourth-order valence-corrected chi connectivity index (χ4v) is 3.50. The van der Waals surface area contributed by atoms with Gasteiger partial charge in [-0.15, -0.1) is 0 Å². The van der Waals surface area contributed by atoms with Crippen molar-refractivity contribution in [2.24, 2.45) is 0 Å². The number of aromatic amines is 1. The van der Waals surface area contributed by atoms with Crippen LogP contribution in [0.25, 0.3) is 10.9 Å². The Balaban J connectivity index is 1.59. The molecule has 24 heavy (non-hydrogen) atoms. The molecular formula is C19H24N2O3. The van der Waals surface area contributed by atoms with Crippen LogP contribution in [-0.4, -0.2) is 41.0 Å². The van der Waals surface area contributed by atoms with E-state index in [0.29, 0.717) is 18.3 Å². The zero-order valence-corrected chi connectivity index (χ0v) is 14.1. The third-order valence-corrected chi connectivity index (χ3v) is 4.75. The van der Waals surface area contributed by atoms with Crippen LogP contribution in [0.3, 0.4) is 0 Å². The van der Waals surface area contributed by atoms with E-state index >= 15 is 0 Å². The number of ether oxygens (including phenoxy) is 1. The highest BCUT2D eigenvalue weighted by Gasteiger charge is 2.25. The molecule has 0 spiro atoms. The molecule has 1 aromatic heterocycles. The van der Waals surface area contributed by atoms with Gasteiger partial charge in [-0.05, 0) is 31.9 Å². The van der Waals surface area contributed by atoms with Gasteiger partial charge in [0.25, 0.3) is 5.91 Å². The summed E-state index contributed by atoms with van der Waals surface area (Å²) in [6.45, 7) is 2.44. The largest absolute Gasteiger partial charge is 0.451 e. The van der Waals surface area contributed by atoms with Crippen molar-refractivity contribution in [1.29, 1.82) is 0 Å². The number of fused-ring (bicyclic) bond motifs is 1. The van der Waals surface area contributed by atoms with Crippen molar-refractivity contribution in [3.05, 3.63) is 36.0 Å². The van der Waals surface area contributed by atoms with Crippen molar-refractivity contribution in [1.82, 2.24) is 9.88 Å². The summed E-state index contributed by atoms with van der Waals surface area (Å²) in [7, 11) is 0. The van der Waals surface area contributed by atoms with Crippen LogP contribution < -0.4 is 0 Å². The van der Waals surface area contributed by atoms with Crippen LogP contribution in [0.2, 0.25) is 0 Å². The Morgan fingerprint density at radius 1 is 1.21 bits per heavy atom. The first-order chi connectivity index (χ1) is 11.7. The van der Waals surface area contributed by atoms with E-state index in [9.17, 15) is 9.59 Å². The molecule has 1 amide bonds. The number of carbonyl (C=O) groups is 2. The quantitative estimate of drug-likeness (QED) is 0.854. The minimum atomic E-state index is -0.487. The summed E-state index contributed by atoms with van der Waals surface area (Å²) in [5.41, 5.74) is 1.26. The fourth-order valence-electron chi connectivity index (χ4n) is 3.50. The number of H-pyrrole nitrogens is 1. The average molecular weight is 328 g/mol. The molecule has 5 heteroatoms.